The molecule has 2 rings (SSSR count). The highest BCUT2D eigenvalue weighted by Gasteiger charge is 2.48. The number of benzene rings is 1. The molecule has 0 unspecified atom stereocenters. The highest BCUT2D eigenvalue weighted by molar-refractivity contribution is 5.95. The molecule has 0 aliphatic carbocycles. The average molecular weight is 358 g/mol. The lowest BCUT2D eigenvalue weighted by molar-refractivity contribution is -0.184. The molecule has 0 bridgehead atoms. The number of piperidine rings is 1. The molecule has 24 heavy (non-hydrogen) atoms. The predicted molar refractivity (Wildman–Crippen MR) is 69.5 cm³/mol. The standard InChI is InChI=1S/C14H13F7N2O/c15-11-8(2-1-3-9(11)13(16,17)18)12(24)23-6-7(22)4-5-10(23)14(19,20)21/h1-3,7,10H,4-6,22H2/t7-,10-/m0/s1. The molecule has 1 fully saturated rings. The highest BCUT2D eigenvalue weighted by Crippen LogP contribution is 2.35. The Kier molecular flexibility index (Phi) is 4.80. The van der Waals surface area contributed by atoms with Gasteiger partial charge < -0.3 is 10.6 Å². The van der Waals surface area contributed by atoms with Gasteiger partial charge in [0.05, 0.1) is 11.1 Å². The van der Waals surface area contributed by atoms with Gasteiger partial charge in [0.15, 0.2) is 0 Å². The molecule has 0 radical (unpaired) electrons. The number of rotatable bonds is 1. The zero-order valence-corrected chi connectivity index (χ0v) is 12.1. The summed E-state index contributed by atoms with van der Waals surface area (Å²) in [7, 11) is 0. The van der Waals surface area contributed by atoms with Crippen molar-refractivity contribution in [3.8, 4) is 0 Å². The van der Waals surface area contributed by atoms with Crippen LogP contribution in [0, 0.1) is 5.82 Å². The van der Waals surface area contributed by atoms with Gasteiger partial charge in [0.2, 0.25) is 0 Å². The van der Waals surface area contributed by atoms with Crippen LogP contribution in [0.1, 0.15) is 28.8 Å². The van der Waals surface area contributed by atoms with Crippen LogP contribution in [-0.4, -0.2) is 35.6 Å². The van der Waals surface area contributed by atoms with E-state index in [1.165, 1.54) is 0 Å². The van der Waals surface area contributed by atoms with Crippen molar-refractivity contribution in [2.24, 2.45) is 5.73 Å². The van der Waals surface area contributed by atoms with E-state index in [1.807, 2.05) is 0 Å². The number of halogens is 7. The van der Waals surface area contributed by atoms with Gasteiger partial charge in [-0.2, -0.15) is 26.3 Å². The largest absolute Gasteiger partial charge is 0.419 e. The van der Waals surface area contributed by atoms with Crippen LogP contribution in [0.4, 0.5) is 30.7 Å². The third kappa shape index (κ3) is 3.63. The van der Waals surface area contributed by atoms with Crippen LogP contribution in [0.15, 0.2) is 18.2 Å². The Balaban J connectivity index is 2.43. The fraction of sp³-hybridized carbons (Fsp3) is 0.500. The van der Waals surface area contributed by atoms with Gasteiger partial charge in [-0.15, -0.1) is 0 Å². The number of nitrogens with zero attached hydrogens (tertiary/aromatic N) is 1. The molecule has 2 atom stereocenters. The van der Waals surface area contributed by atoms with E-state index < -0.39 is 60.3 Å². The van der Waals surface area contributed by atoms with Crippen molar-refractivity contribution in [1.82, 2.24) is 4.90 Å². The Morgan fingerprint density at radius 1 is 1.12 bits per heavy atom. The second-order valence-electron chi connectivity index (χ2n) is 5.52. The normalized spacial score (nSPS) is 22.6. The van der Waals surface area contributed by atoms with Crippen molar-refractivity contribution in [3.05, 3.63) is 35.1 Å². The fourth-order valence-corrected chi connectivity index (χ4v) is 2.63. The van der Waals surface area contributed by atoms with Gasteiger partial charge in [-0.1, -0.05) is 6.07 Å². The minimum absolute atomic E-state index is 0.000963. The third-order valence-corrected chi connectivity index (χ3v) is 3.79. The quantitative estimate of drug-likeness (QED) is 0.783. The molecule has 1 saturated heterocycles. The average Bonchev–Trinajstić information content (AvgIpc) is 2.44. The lowest BCUT2D eigenvalue weighted by Gasteiger charge is -2.39. The van der Waals surface area contributed by atoms with E-state index in [-0.39, 0.29) is 6.42 Å². The van der Waals surface area contributed by atoms with Gasteiger partial charge in [0.1, 0.15) is 11.9 Å². The first-order valence-electron chi connectivity index (χ1n) is 6.92. The van der Waals surface area contributed by atoms with Crippen molar-refractivity contribution in [1.29, 1.82) is 0 Å². The molecule has 0 aromatic heterocycles. The van der Waals surface area contributed by atoms with Crippen molar-refractivity contribution in [3.63, 3.8) is 0 Å². The molecule has 1 aromatic carbocycles. The van der Waals surface area contributed by atoms with Crippen molar-refractivity contribution < 1.29 is 35.5 Å². The molecular formula is C14H13F7N2O. The van der Waals surface area contributed by atoms with Crippen molar-refractivity contribution >= 4 is 5.91 Å². The van der Waals surface area contributed by atoms with Gasteiger partial charge in [-0.05, 0) is 25.0 Å². The molecular weight excluding hydrogens is 345 g/mol. The van der Waals surface area contributed by atoms with Crippen LogP contribution < -0.4 is 5.73 Å². The molecule has 134 valence electrons. The van der Waals surface area contributed by atoms with E-state index in [1.54, 1.807) is 0 Å². The van der Waals surface area contributed by atoms with Crippen LogP contribution in [0.5, 0.6) is 0 Å². The Morgan fingerprint density at radius 2 is 1.75 bits per heavy atom. The first-order chi connectivity index (χ1) is 10.9. The molecule has 0 spiro atoms. The Bertz CT molecular complexity index is 627. The SMILES string of the molecule is N[C@H]1CC[C@@H](C(F)(F)F)N(C(=O)c2cccc(C(F)(F)F)c2F)C1. The molecule has 1 heterocycles. The predicted octanol–water partition coefficient (Wildman–Crippen LogP) is 3.34. The first-order valence-corrected chi connectivity index (χ1v) is 6.92. The van der Waals surface area contributed by atoms with E-state index in [9.17, 15) is 35.5 Å². The summed E-state index contributed by atoms with van der Waals surface area (Å²) in [5.41, 5.74) is 2.78. The van der Waals surface area contributed by atoms with Crippen molar-refractivity contribution in [2.45, 2.75) is 37.3 Å². The lowest BCUT2D eigenvalue weighted by Crippen LogP contribution is -2.56. The van der Waals surface area contributed by atoms with Gasteiger partial charge in [-0.3, -0.25) is 4.79 Å². The van der Waals surface area contributed by atoms with E-state index >= 15 is 0 Å². The topological polar surface area (TPSA) is 46.3 Å². The number of likely N-dealkylation sites (tertiary alicyclic amines) is 1. The summed E-state index contributed by atoms with van der Waals surface area (Å²) in [6.45, 7) is -0.515. The van der Waals surface area contributed by atoms with Crippen LogP contribution in [-0.2, 0) is 6.18 Å². The molecule has 10 heteroatoms. The van der Waals surface area contributed by atoms with E-state index in [2.05, 4.69) is 0 Å². The zero-order chi connectivity index (χ0) is 18.3. The van der Waals surface area contributed by atoms with Crippen LogP contribution >= 0.6 is 0 Å². The Labute approximate surface area is 132 Å². The van der Waals surface area contributed by atoms with E-state index in [4.69, 9.17) is 5.73 Å². The number of carbonyl (C=O) groups excluding carboxylic acids is 1. The van der Waals surface area contributed by atoms with E-state index in [0.717, 1.165) is 12.1 Å². The number of amides is 1. The number of hydrogen-bond donors (Lipinski definition) is 1. The summed E-state index contributed by atoms with van der Waals surface area (Å²) in [5, 5.41) is 0. The van der Waals surface area contributed by atoms with E-state index in [0.29, 0.717) is 11.0 Å². The minimum atomic E-state index is -5.07. The summed E-state index contributed by atoms with van der Waals surface area (Å²) in [4.78, 5) is 12.6. The molecule has 1 amide bonds. The second-order valence-corrected chi connectivity index (χ2v) is 5.52. The summed E-state index contributed by atoms with van der Waals surface area (Å²) >= 11 is 0. The minimum Gasteiger partial charge on any atom is -0.326 e. The monoisotopic (exact) mass is 358 g/mol. The van der Waals surface area contributed by atoms with Crippen LogP contribution in [0.2, 0.25) is 0 Å². The summed E-state index contributed by atoms with van der Waals surface area (Å²) in [6.07, 6.45) is -10.3. The molecule has 2 N–H and O–H groups in total. The molecule has 1 aliphatic heterocycles. The zero-order valence-electron chi connectivity index (χ0n) is 12.1. The van der Waals surface area contributed by atoms with Crippen molar-refractivity contribution in [2.75, 3.05) is 6.54 Å². The van der Waals surface area contributed by atoms with Crippen LogP contribution in [0.25, 0.3) is 0 Å². The van der Waals surface area contributed by atoms with Gasteiger partial charge >= 0.3 is 12.4 Å². The lowest BCUT2D eigenvalue weighted by atomic mass is 9.96. The highest BCUT2D eigenvalue weighted by atomic mass is 19.4. The number of carbonyl (C=O) groups is 1. The van der Waals surface area contributed by atoms with Gasteiger partial charge in [0.25, 0.3) is 5.91 Å². The first kappa shape index (κ1) is 18.5. The Morgan fingerprint density at radius 3 is 2.29 bits per heavy atom. The molecule has 3 nitrogen and oxygen atoms in total. The summed E-state index contributed by atoms with van der Waals surface area (Å²) in [5.74, 6) is -3.36. The molecule has 1 aliphatic rings. The molecule has 0 saturated carbocycles. The number of nitrogens with two attached hydrogens (primary N) is 1. The van der Waals surface area contributed by atoms with Crippen LogP contribution in [0.3, 0.4) is 0 Å². The fourth-order valence-electron chi connectivity index (χ4n) is 2.63. The third-order valence-electron chi connectivity index (χ3n) is 3.79. The number of alkyl halides is 6. The van der Waals surface area contributed by atoms with Gasteiger partial charge in [-0.25, -0.2) is 4.39 Å². The second kappa shape index (κ2) is 6.23. The maximum Gasteiger partial charge on any atom is 0.419 e. The maximum atomic E-state index is 14.0. The van der Waals surface area contributed by atoms with Gasteiger partial charge in [0, 0.05) is 12.6 Å². The number of hydrogen-bond acceptors (Lipinski definition) is 2. The smallest absolute Gasteiger partial charge is 0.326 e. The molecule has 1 aromatic rings. The maximum absolute atomic E-state index is 14.0. The summed E-state index contributed by atoms with van der Waals surface area (Å²) < 4.78 is 91.3. The summed E-state index contributed by atoms with van der Waals surface area (Å²) in [6, 6.07) is -1.07. The Hall–Kier alpha value is -1.84.